The van der Waals surface area contributed by atoms with E-state index < -0.39 is 0 Å². The number of aromatic nitrogens is 5. The van der Waals surface area contributed by atoms with E-state index in [2.05, 4.69) is 19.9 Å². The van der Waals surface area contributed by atoms with Gasteiger partial charge < -0.3 is 9.30 Å². The lowest BCUT2D eigenvalue weighted by Crippen LogP contribution is -2.17. The number of hydrogen-bond acceptors (Lipinski definition) is 6. The van der Waals surface area contributed by atoms with Crippen molar-refractivity contribution in [3.63, 3.8) is 0 Å². The maximum atomic E-state index is 12.5. The molecule has 28 heavy (non-hydrogen) atoms. The second-order valence-corrected chi connectivity index (χ2v) is 7.07. The lowest BCUT2D eigenvalue weighted by Gasteiger charge is -2.21. The first-order chi connectivity index (χ1) is 13.7. The van der Waals surface area contributed by atoms with Gasteiger partial charge in [0.05, 0.1) is 36.9 Å². The molecule has 0 aliphatic carbocycles. The van der Waals surface area contributed by atoms with Crippen molar-refractivity contribution in [1.82, 2.24) is 24.5 Å². The maximum absolute atomic E-state index is 12.5. The quantitative estimate of drug-likeness (QED) is 0.657. The van der Waals surface area contributed by atoms with Gasteiger partial charge in [-0.15, -0.1) is 0 Å². The molecule has 4 rings (SSSR count). The van der Waals surface area contributed by atoms with Crippen LogP contribution in [0.15, 0.2) is 43.2 Å². The van der Waals surface area contributed by atoms with Crippen molar-refractivity contribution in [2.45, 2.75) is 38.6 Å². The topological polar surface area (TPSA) is 82.8 Å². The zero-order valence-electron chi connectivity index (χ0n) is 15.9. The summed E-state index contributed by atoms with van der Waals surface area (Å²) in [6.07, 6.45) is 10.8. The van der Waals surface area contributed by atoms with E-state index in [1.807, 2.05) is 23.6 Å². The van der Waals surface area contributed by atoms with Crippen LogP contribution in [0.25, 0.3) is 11.3 Å². The minimum absolute atomic E-state index is 0.110. The van der Waals surface area contributed by atoms with Crippen molar-refractivity contribution in [3.8, 4) is 11.3 Å². The van der Waals surface area contributed by atoms with Gasteiger partial charge in [-0.3, -0.25) is 19.7 Å². The van der Waals surface area contributed by atoms with Crippen molar-refractivity contribution in [2.75, 3.05) is 13.2 Å². The fraction of sp³-hybridized carbons (Fsp3) is 0.381. The van der Waals surface area contributed by atoms with Crippen LogP contribution in [0.4, 0.5) is 0 Å². The molecule has 7 nitrogen and oxygen atoms in total. The summed E-state index contributed by atoms with van der Waals surface area (Å²) in [5.74, 6) is 0.541. The lowest BCUT2D eigenvalue weighted by molar-refractivity contribution is -0.119. The summed E-state index contributed by atoms with van der Waals surface area (Å²) in [5.41, 5.74) is 4.58. The van der Waals surface area contributed by atoms with Crippen molar-refractivity contribution in [1.29, 1.82) is 0 Å². The first-order valence-electron chi connectivity index (χ1n) is 9.53. The number of nitrogens with zero attached hydrogens (tertiary/aromatic N) is 5. The highest BCUT2D eigenvalue weighted by Gasteiger charge is 2.21. The molecule has 0 radical (unpaired) electrons. The smallest absolute Gasteiger partial charge is 0.158 e. The van der Waals surface area contributed by atoms with Gasteiger partial charge in [-0.25, -0.2) is 4.98 Å². The number of pyridine rings is 1. The highest BCUT2D eigenvalue weighted by atomic mass is 16.5. The molecule has 0 saturated carbocycles. The minimum Gasteiger partial charge on any atom is -0.381 e. The molecular formula is C21H23N5O2. The third kappa shape index (κ3) is 4.14. The summed E-state index contributed by atoms with van der Waals surface area (Å²) in [6, 6.07) is 3.79. The number of imidazole rings is 1. The first-order valence-corrected chi connectivity index (χ1v) is 9.53. The maximum Gasteiger partial charge on any atom is 0.158 e. The Kier molecular flexibility index (Phi) is 5.53. The number of ketones is 1. The minimum atomic E-state index is 0.110. The molecule has 0 atom stereocenters. The summed E-state index contributed by atoms with van der Waals surface area (Å²) in [7, 11) is 0. The van der Waals surface area contributed by atoms with Gasteiger partial charge in [0.1, 0.15) is 0 Å². The second kappa shape index (κ2) is 8.39. The predicted molar refractivity (Wildman–Crippen MR) is 104 cm³/mol. The predicted octanol–water partition coefficient (Wildman–Crippen LogP) is 2.75. The molecule has 3 aromatic rings. The lowest BCUT2D eigenvalue weighted by atomic mass is 9.95. The average Bonchev–Trinajstić information content (AvgIpc) is 3.10. The second-order valence-electron chi connectivity index (χ2n) is 7.07. The largest absolute Gasteiger partial charge is 0.381 e. The van der Waals surface area contributed by atoms with Crippen LogP contribution in [0.1, 0.15) is 35.8 Å². The van der Waals surface area contributed by atoms with E-state index >= 15 is 0 Å². The van der Waals surface area contributed by atoms with Crippen molar-refractivity contribution < 1.29 is 9.53 Å². The van der Waals surface area contributed by atoms with Gasteiger partial charge in [-0.05, 0) is 31.9 Å². The highest BCUT2D eigenvalue weighted by molar-refractivity contribution is 5.80. The number of Topliss-reactive ketones (excluding diaryl/α,β-unsaturated/α-hetero) is 1. The Hall–Kier alpha value is -2.93. The van der Waals surface area contributed by atoms with Crippen LogP contribution in [0, 0.1) is 6.92 Å². The fourth-order valence-corrected chi connectivity index (χ4v) is 3.57. The Labute approximate surface area is 163 Å². The van der Waals surface area contributed by atoms with E-state index in [9.17, 15) is 4.79 Å². The molecule has 1 fully saturated rings. The standard InChI is InChI=1S/C21H23N5O2/c1-15-21(16-4-8-28-9-5-16)25-14-26(15)13-19(27)10-18-3-2-17(11-24-18)20-12-22-6-7-23-20/h2-3,6-7,11-12,14,16H,4-5,8-10,13H2,1H3. The number of hydrogen-bond donors (Lipinski definition) is 0. The Balaban J connectivity index is 1.39. The van der Waals surface area contributed by atoms with Crippen molar-refractivity contribution >= 4 is 5.78 Å². The van der Waals surface area contributed by atoms with Gasteiger partial charge in [-0.1, -0.05) is 0 Å². The number of carbonyl (C=O) groups is 1. The van der Waals surface area contributed by atoms with E-state index in [1.165, 1.54) is 0 Å². The van der Waals surface area contributed by atoms with E-state index in [0.29, 0.717) is 18.9 Å². The molecule has 0 bridgehead atoms. The molecule has 1 saturated heterocycles. The van der Waals surface area contributed by atoms with Crippen LogP contribution < -0.4 is 0 Å². The Morgan fingerprint density at radius 3 is 2.71 bits per heavy atom. The summed E-state index contributed by atoms with van der Waals surface area (Å²) >= 11 is 0. The van der Waals surface area contributed by atoms with Gasteiger partial charge >= 0.3 is 0 Å². The van der Waals surface area contributed by atoms with Crippen LogP contribution in [0.3, 0.4) is 0 Å². The summed E-state index contributed by atoms with van der Waals surface area (Å²) in [4.78, 5) is 29.8. The number of rotatable bonds is 6. The molecule has 1 aliphatic rings. The van der Waals surface area contributed by atoms with Crippen LogP contribution in [-0.4, -0.2) is 43.5 Å². The Morgan fingerprint density at radius 1 is 1.14 bits per heavy atom. The normalized spacial score (nSPS) is 14.9. The summed E-state index contributed by atoms with van der Waals surface area (Å²) in [6.45, 7) is 3.92. The third-order valence-corrected chi connectivity index (χ3v) is 5.15. The van der Waals surface area contributed by atoms with Gasteiger partial charge in [0.25, 0.3) is 0 Å². The van der Waals surface area contributed by atoms with Gasteiger partial charge in [0.15, 0.2) is 5.78 Å². The third-order valence-electron chi connectivity index (χ3n) is 5.15. The summed E-state index contributed by atoms with van der Waals surface area (Å²) < 4.78 is 7.38. The van der Waals surface area contributed by atoms with Crippen LogP contribution in [-0.2, 0) is 22.5 Å². The molecular weight excluding hydrogens is 354 g/mol. The molecule has 0 spiro atoms. The SMILES string of the molecule is Cc1c(C2CCOCC2)ncn1CC(=O)Cc1ccc(-c2cnccn2)cn1. The number of ether oxygens (including phenoxy) is 1. The molecule has 0 unspecified atom stereocenters. The first kappa shape index (κ1) is 18.4. The molecule has 4 heterocycles. The summed E-state index contributed by atoms with van der Waals surface area (Å²) in [5, 5.41) is 0. The fourth-order valence-electron chi connectivity index (χ4n) is 3.57. The van der Waals surface area contributed by atoms with E-state index in [0.717, 1.165) is 54.4 Å². The van der Waals surface area contributed by atoms with Crippen LogP contribution >= 0.6 is 0 Å². The van der Waals surface area contributed by atoms with E-state index in [-0.39, 0.29) is 5.78 Å². The Bertz CT molecular complexity index is 931. The van der Waals surface area contributed by atoms with Crippen molar-refractivity contribution in [3.05, 3.63) is 60.3 Å². The molecule has 144 valence electrons. The van der Waals surface area contributed by atoms with Gasteiger partial charge in [0, 0.05) is 54.7 Å². The van der Waals surface area contributed by atoms with Crippen molar-refractivity contribution in [2.24, 2.45) is 0 Å². The zero-order chi connectivity index (χ0) is 19.3. The molecule has 0 amide bonds. The average molecular weight is 377 g/mol. The van der Waals surface area contributed by atoms with Crippen LogP contribution in [0.5, 0.6) is 0 Å². The molecule has 0 aromatic carbocycles. The Morgan fingerprint density at radius 2 is 2.00 bits per heavy atom. The molecule has 3 aromatic heterocycles. The van der Waals surface area contributed by atoms with Crippen LogP contribution in [0.2, 0.25) is 0 Å². The molecule has 0 N–H and O–H groups in total. The van der Waals surface area contributed by atoms with Gasteiger partial charge in [-0.2, -0.15) is 0 Å². The van der Waals surface area contributed by atoms with Gasteiger partial charge in [0.2, 0.25) is 0 Å². The van der Waals surface area contributed by atoms with E-state index in [1.54, 1.807) is 31.1 Å². The van der Waals surface area contributed by atoms with E-state index in [4.69, 9.17) is 4.74 Å². The zero-order valence-corrected chi connectivity index (χ0v) is 15.9. The molecule has 1 aliphatic heterocycles. The highest BCUT2D eigenvalue weighted by Crippen LogP contribution is 2.28. The molecule has 7 heteroatoms. The monoisotopic (exact) mass is 377 g/mol. The number of carbonyl (C=O) groups excluding carboxylic acids is 1.